The van der Waals surface area contributed by atoms with Crippen LogP contribution in [0.3, 0.4) is 0 Å². The van der Waals surface area contributed by atoms with Gasteiger partial charge in [-0.25, -0.2) is 19.9 Å². The van der Waals surface area contributed by atoms with Gasteiger partial charge in [0, 0.05) is 60.6 Å². The number of aliphatic imine (C=N–C) groups is 1. The molecule has 0 radical (unpaired) electrons. The molecule has 0 aromatic carbocycles. The summed E-state index contributed by atoms with van der Waals surface area (Å²) in [6, 6.07) is 12.3. The van der Waals surface area contributed by atoms with Crippen LogP contribution in [0.1, 0.15) is 73.4 Å². The Hall–Kier alpha value is -5.17. The van der Waals surface area contributed by atoms with Crippen LogP contribution in [0.25, 0.3) is 11.1 Å². The summed E-state index contributed by atoms with van der Waals surface area (Å²) < 4.78 is 5.08. The van der Waals surface area contributed by atoms with Gasteiger partial charge >= 0.3 is 6.01 Å². The third-order valence-corrected chi connectivity index (χ3v) is 8.99. The molecule has 10 nitrogen and oxygen atoms in total. The van der Waals surface area contributed by atoms with E-state index < -0.39 is 0 Å². The second-order valence-electron chi connectivity index (χ2n) is 11.9. The fourth-order valence-corrected chi connectivity index (χ4v) is 6.47. The molecule has 1 fully saturated rings. The molecule has 1 aliphatic carbocycles. The minimum atomic E-state index is -0.293. The van der Waals surface area contributed by atoms with Crippen LogP contribution in [0.15, 0.2) is 78.0 Å². The summed E-state index contributed by atoms with van der Waals surface area (Å²) >= 11 is 0. The van der Waals surface area contributed by atoms with Crippen LogP contribution < -0.4 is 4.74 Å². The number of hydrogen-bond acceptors (Lipinski definition) is 10. The van der Waals surface area contributed by atoms with Crippen molar-refractivity contribution in [3.05, 3.63) is 101 Å². The molecular weight excluding hydrogens is 576 g/mol. The maximum Gasteiger partial charge on any atom is 0.316 e. The van der Waals surface area contributed by atoms with Gasteiger partial charge in [0.05, 0.1) is 36.5 Å². The van der Waals surface area contributed by atoms with Crippen LogP contribution in [0, 0.1) is 23.2 Å². The van der Waals surface area contributed by atoms with Crippen LogP contribution in [-0.2, 0) is 17.6 Å². The number of Topliss-reactive ketones (excluding diaryl/α,β-unsaturated/α-hetero) is 1. The first-order chi connectivity index (χ1) is 22.5. The fraction of sp³-hybridized carbons (Fsp3) is 0.361. The van der Waals surface area contributed by atoms with Crippen molar-refractivity contribution in [2.24, 2.45) is 16.8 Å². The van der Waals surface area contributed by atoms with E-state index in [-0.39, 0.29) is 17.6 Å². The first kappa shape index (κ1) is 30.8. The molecule has 0 saturated heterocycles. The minimum Gasteiger partial charge on any atom is -0.467 e. The maximum atomic E-state index is 13.9. The number of hydrogen-bond donors (Lipinski definition) is 0. The van der Waals surface area contributed by atoms with Crippen molar-refractivity contribution in [3.63, 3.8) is 0 Å². The molecule has 2 aliphatic rings. The first-order valence-electron chi connectivity index (χ1n) is 15.7. The molecule has 1 unspecified atom stereocenters. The molecule has 10 heteroatoms. The topological polar surface area (TPSA) is 140 Å². The Morgan fingerprint density at radius 3 is 2.43 bits per heavy atom. The smallest absolute Gasteiger partial charge is 0.316 e. The largest absolute Gasteiger partial charge is 0.467 e. The van der Waals surface area contributed by atoms with Gasteiger partial charge in [0.15, 0.2) is 0 Å². The number of carbonyl (C=O) groups is 1. The Kier molecular flexibility index (Phi) is 9.58. The highest BCUT2D eigenvalue weighted by atomic mass is 16.5. The Morgan fingerprint density at radius 2 is 1.78 bits per heavy atom. The van der Waals surface area contributed by atoms with E-state index in [1.165, 1.54) is 7.11 Å². The van der Waals surface area contributed by atoms with Crippen LogP contribution in [0.2, 0.25) is 0 Å². The number of ether oxygens (including phenoxy) is 1. The summed E-state index contributed by atoms with van der Waals surface area (Å²) in [5.74, 6) is 1.23. The highest BCUT2D eigenvalue weighted by Gasteiger charge is 2.34. The number of allylic oxidation sites excluding steroid dienone is 1. The van der Waals surface area contributed by atoms with Gasteiger partial charge in [-0.2, -0.15) is 5.26 Å². The summed E-state index contributed by atoms with van der Waals surface area (Å²) in [7, 11) is 1.53. The molecule has 4 aromatic heterocycles. The minimum absolute atomic E-state index is 0.188. The lowest BCUT2D eigenvalue weighted by Crippen LogP contribution is -2.28. The van der Waals surface area contributed by atoms with Gasteiger partial charge in [-0.1, -0.05) is 18.2 Å². The van der Waals surface area contributed by atoms with E-state index in [9.17, 15) is 10.1 Å². The van der Waals surface area contributed by atoms with Gasteiger partial charge in [-0.05, 0) is 74.6 Å². The van der Waals surface area contributed by atoms with Gasteiger partial charge in [0.2, 0.25) is 0 Å². The molecule has 0 spiro atoms. The van der Waals surface area contributed by atoms with Crippen LogP contribution >= 0.6 is 0 Å². The summed E-state index contributed by atoms with van der Waals surface area (Å²) in [5, 5.41) is 9.64. The summed E-state index contributed by atoms with van der Waals surface area (Å²) in [6.45, 7) is 2.62. The van der Waals surface area contributed by atoms with Crippen molar-refractivity contribution < 1.29 is 9.53 Å². The van der Waals surface area contributed by atoms with Crippen molar-refractivity contribution in [1.29, 1.82) is 5.26 Å². The lowest BCUT2D eigenvalue weighted by molar-refractivity contribution is -0.122. The monoisotopic (exact) mass is 612 g/mol. The quantitative estimate of drug-likeness (QED) is 0.209. The molecule has 4 aromatic rings. The number of methoxy groups -OCH3 is 1. The van der Waals surface area contributed by atoms with Gasteiger partial charge in [0.1, 0.15) is 23.4 Å². The standard InChI is InChI=1S/C36H36N8O2/c1-23-14-16-39-34(23)35-27(18-37)20-41-32(44-35)17-24-6-8-25(9-7-24)33(31(45)13-11-29-5-3-4-15-38-29)30-12-10-26(19-40-30)28-21-42-36(46-2)43-22-28/h3-5,10,12,14-15,19-22,24-25,33H,6-9,11,13,16-17H2,1-2H3. The highest BCUT2D eigenvalue weighted by Crippen LogP contribution is 2.40. The van der Waals surface area contributed by atoms with E-state index in [0.29, 0.717) is 42.6 Å². The van der Waals surface area contributed by atoms with Crippen molar-refractivity contribution in [2.45, 2.75) is 57.8 Å². The molecule has 1 saturated carbocycles. The lowest BCUT2D eigenvalue weighted by Gasteiger charge is -2.33. The predicted molar refractivity (Wildman–Crippen MR) is 173 cm³/mol. The van der Waals surface area contributed by atoms with E-state index >= 15 is 0 Å². The Labute approximate surface area is 268 Å². The second kappa shape index (κ2) is 14.3. The first-order valence-corrected chi connectivity index (χ1v) is 15.7. The zero-order valence-corrected chi connectivity index (χ0v) is 26.1. The average molecular weight is 613 g/mol. The highest BCUT2D eigenvalue weighted by molar-refractivity contribution is 6.13. The molecule has 232 valence electrons. The van der Waals surface area contributed by atoms with Crippen molar-refractivity contribution in [3.8, 4) is 23.2 Å². The number of aromatic nitrogens is 6. The molecule has 1 aliphatic heterocycles. The molecule has 6 rings (SSSR count). The van der Waals surface area contributed by atoms with E-state index in [2.05, 4.69) is 31.0 Å². The number of ketones is 1. The van der Waals surface area contributed by atoms with Gasteiger partial charge < -0.3 is 4.74 Å². The summed E-state index contributed by atoms with van der Waals surface area (Å²) in [4.78, 5) is 45.4. The van der Waals surface area contributed by atoms with E-state index in [4.69, 9.17) is 14.7 Å². The van der Waals surface area contributed by atoms with Gasteiger partial charge in [-0.15, -0.1) is 0 Å². The second-order valence-corrected chi connectivity index (χ2v) is 11.9. The summed E-state index contributed by atoms with van der Waals surface area (Å²) in [5.41, 5.74) is 6.33. The van der Waals surface area contributed by atoms with Gasteiger partial charge in [-0.3, -0.25) is 19.8 Å². The molecule has 0 N–H and O–H groups in total. The van der Waals surface area contributed by atoms with Crippen LogP contribution in [-0.4, -0.2) is 55.1 Å². The van der Waals surface area contributed by atoms with Crippen molar-refractivity contribution >= 4 is 11.5 Å². The van der Waals surface area contributed by atoms with E-state index in [1.54, 1.807) is 31.0 Å². The van der Waals surface area contributed by atoms with Crippen LogP contribution in [0.4, 0.5) is 0 Å². The SMILES string of the molecule is COc1ncc(-c2ccc(C(C(=O)CCc3ccccn3)C3CCC(Cc4ncc(C#N)c(C5=NCC=C5C)n4)CC3)nc2)cn1. The molecule has 0 bridgehead atoms. The van der Waals surface area contributed by atoms with Crippen LogP contribution in [0.5, 0.6) is 6.01 Å². The zero-order valence-electron chi connectivity index (χ0n) is 26.1. The average Bonchev–Trinajstić information content (AvgIpc) is 3.54. The predicted octanol–water partition coefficient (Wildman–Crippen LogP) is 5.69. The number of rotatable bonds is 11. The number of pyridine rings is 2. The Bertz CT molecular complexity index is 1770. The fourth-order valence-electron chi connectivity index (χ4n) is 6.47. The number of aryl methyl sites for hydroxylation is 1. The van der Waals surface area contributed by atoms with E-state index in [1.807, 2.05) is 43.3 Å². The number of carbonyl (C=O) groups excluding carboxylic acids is 1. The molecule has 5 heterocycles. The maximum absolute atomic E-state index is 13.9. The Morgan fingerprint density at radius 1 is 0.978 bits per heavy atom. The zero-order chi connectivity index (χ0) is 31.9. The van der Waals surface area contributed by atoms with Gasteiger partial charge in [0.25, 0.3) is 0 Å². The third kappa shape index (κ3) is 7.04. The third-order valence-electron chi connectivity index (χ3n) is 8.99. The molecule has 1 atom stereocenters. The molecule has 0 amide bonds. The van der Waals surface area contributed by atoms with Crippen molar-refractivity contribution in [2.75, 3.05) is 13.7 Å². The summed E-state index contributed by atoms with van der Waals surface area (Å²) in [6.07, 6.45) is 16.2. The molecule has 46 heavy (non-hydrogen) atoms. The molecular formula is C36H36N8O2. The Balaban J connectivity index is 1.17. The lowest BCUT2D eigenvalue weighted by atomic mass is 9.72. The van der Waals surface area contributed by atoms with E-state index in [0.717, 1.165) is 71.7 Å². The number of nitriles is 1. The normalized spacial score (nSPS) is 18.3. The number of nitrogens with zero attached hydrogens (tertiary/aromatic N) is 8. The van der Waals surface area contributed by atoms with Crippen molar-refractivity contribution in [1.82, 2.24) is 29.9 Å².